The Bertz CT molecular complexity index is 907. The van der Waals surface area contributed by atoms with E-state index in [1.165, 1.54) is 0 Å². The molecule has 0 spiro atoms. The smallest absolute Gasteiger partial charge is 0.258 e. The van der Waals surface area contributed by atoms with E-state index in [-0.39, 0.29) is 11.9 Å². The van der Waals surface area contributed by atoms with Gasteiger partial charge in [0.2, 0.25) is 0 Å². The lowest BCUT2D eigenvalue weighted by molar-refractivity contribution is 0.0730. The SMILES string of the molecule is COc1ccccc1C(=O)N1CCC[C@H]1c1[nH]ncc1-c1ccncc1. The van der Waals surface area contributed by atoms with E-state index in [2.05, 4.69) is 15.2 Å². The first-order valence-corrected chi connectivity index (χ1v) is 8.67. The number of aromatic nitrogens is 3. The van der Waals surface area contributed by atoms with E-state index in [0.717, 1.165) is 36.2 Å². The number of nitrogens with one attached hydrogen (secondary N) is 1. The van der Waals surface area contributed by atoms with Gasteiger partial charge in [0.1, 0.15) is 5.75 Å². The number of benzene rings is 1. The molecule has 1 aliphatic rings. The summed E-state index contributed by atoms with van der Waals surface area (Å²) in [5.41, 5.74) is 3.61. The molecule has 26 heavy (non-hydrogen) atoms. The minimum absolute atomic E-state index is 0.0137. The second kappa shape index (κ2) is 7.00. The number of carbonyl (C=O) groups excluding carboxylic acids is 1. The van der Waals surface area contributed by atoms with Crippen LogP contribution in [-0.2, 0) is 0 Å². The number of H-pyrrole nitrogens is 1. The monoisotopic (exact) mass is 348 g/mol. The summed E-state index contributed by atoms with van der Waals surface area (Å²) >= 11 is 0. The Morgan fingerprint density at radius 3 is 2.85 bits per heavy atom. The predicted octanol–water partition coefficient (Wildman–Crippen LogP) is 3.46. The molecule has 0 aliphatic carbocycles. The molecular formula is C20H20N4O2. The lowest BCUT2D eigenvalue weighted by Crippen LogP contribution is -2.31. The molecule has 1 aromatic carbocycles. The van der Waals surface area contributed by atoms with Crippen LogP contribution in [0.15, 0.2) is 55.0 Å². The zero-order valence-corrected chi connectivity index (χ0v) is 14.6. The molecule has 1 N–H and O–H groups in total. The summed E-state index contributed by atoms with van der Waals surface area (Å²) in [5.74, 6) is 0.586. The van der Waals surface area contributed by atoms with E-state index in [1.807, 2.05) is 47.5 Å². The zero-order valence-electron chi connectivity index (χ0n) is 14.6. The fraction of sp³-hybridized carbons (Fsp3) is 0.250. The van der Waals surface area contributed by atoms with Crippen LogP contribution >= 0.6 is 0 Å². The second-order valence-electron chi connectivity index (χ2n) is 6.29. The van der Waals surface area contributed by atoms with Crippen molar-refractivity contribution in [1.29, 1.82) is 0 Å². The lowest BCUT2D eigenvalue weighted by atomic mass is 10.0. The number of hydrogen-bond donors (Lipinski definition) is 1. The highest BCUT2D eigenvalue weighted by molar-refractivity contribution is 5.97. The van der Waals surface area contributed by atoms with Gasteiger partial charge in [0.25, 0.3) is 5.91 Å². The molecule has 6 heteroatoms. The molecule has 1 atom stereocenters. The van der Waals surface area contributed by atoms with Gasteiger partial charge in [-0.1, -0.05) is 12.1 Å². The molecule has 0 saturated carbocycles. The van der Waals surface area contributed by atoms with Crippen LogP contribution in [0.5, 0.6) is 5.75 Å². The van der Waals surface area contributed by atoms with Gasteiger partial charge in [0.05, 0.1) is 30.6 Å². The molecule has 3 aromatic rings. The molecule has 1 fully saturated rings. The third kappa shape index (κ3) is 2.83. The van der Waals surface area contributed by atoms with Crippen molar-refractivity contribution in [3.63, 3.8) is 0 Å². The van der Waals surface area contributed by atoms with Gasteiger partial charge in [-0.15, -0.1) is 0 Å². The van der Waals surface area contributed by atoms with Gasteiger partial charge in [0.15, 0.2) is 0 Å². The molecule has 0 unspecified atom stereocenters. The molecule has 0 radical (unpaired) electrons. The highest BCUT2D eigenvalue weighted by atomic mass is 16.5. The van der Waals surface area contributed by atoms with Gasteiger partial charge in [-0.3, -0.25) is 14.9 Å². The first-order valence-electron chi connectivity index (χ1n) is 8.67. The van der Waals surface area contributed by atoms with Crippen molar-refractivity contribution < 1.29 is 9.53 Å². The van der Waals surface area contributed by atoms with E-state index in [1.54, 1.807) is 19.5 Å². The summed E-state index contributed by atoms with van der Waals surface area (Å²) in [5, 5.41) is 7.35. The first-order chi connectivity index (χ1) is 12.8. The van der Waals surface area contributed by atoms with Crippen LogP contribution in [-0.4, -0.2) is 39.6 Å². The van der Waals surface area contributed by atoms with Gasteiger partial charge < -0.3 is 9.64 Å². The summed E-state index contributed by atoms with van der Waals surface area (Å²) in [6.07, 6.45) is 7.20. The quantitative estimate of drug-likeness (QED) is 0.784. The number of likely N-dealkylation sites (tertiary alicyclic amines) is 1. The topological polar surface area (TPSA) is 71.1 Å². The van der Waals surface area contributed by atoms with E-state index in [4.69, 9.17) is 4.74 Å². The lowest BCUT2D eigenvalue weighted by Gasteiger charge is -2.25. The summed E-state index contributed by atoms with van der Waals surface area (Å²) in [7, 11) is 1.59. The van der Waals surface area contributed by atoms with Crippen LogP contribution in [0.4, 0.5) is 0 Å². The van der Waals surface area contributed by atoms with Crippen molar-refractivity contribution in [1.82, 2.24) is 20.1 Å². The maximum Gasteiger partial charge on any atom is 0.258 e. The molecule has 4 rings (SSSR count). The summed E-state index contributed by atoms with van der Waals surface area (Å²) in [6.45, 7) is 0.719. The summed E-state index contributed by atoms with van der Waals surface area (Å²) < 4.78 is 5.37. The number of carbonyl (C=O) groups is 1. The fourth-order valence-electron chi connectivity index (χ4n) is 3.60. The summed E-state index contributed by atoms with van der Waals surface area (Å²) in [6, 6.07) is 11.2. The maximum atomic E-state index is 13.2. The number of hydrogen-bond acceptors (Lipinski definition) is 4. The number of aromatic amines is 1. The molecule has 6 nitrogen and oxygen atoms in total. The molecular weight excluding hydrogens is 328 g/mol. The number of pyridine rings is 1. The van der Waals surface area contributed by atoms with E-state index in [0.29, 0.717) is 11.3 Å². The fourth-order valence-corrected chi connectivity index (χ4v) is 3.60. The number of ether oxygens (including phenoxy) is 1. The van der Waals surface area contributed by atoms with Crippen molar-refractivity contribution >= 4 is 5.91 Å². The number of para-hydroxylation sites is 1. The van der Waals surface area contributed by atoms with Crippen molar-refractivity contribution in [3.05, 3.63) is 66.2 Å². The van der Waals surface area contributed by atoms with Gasteiger partial charge in [-0.25, -0.2) is 0 Å². The van der Waals surface area contributed by atoms with Crippen molar-refractivity contribution in [2.75, 3.05) is 13.7 Å². The highest BCUT2D eigenvalue weighted by Crippen LogP contribution is 2.37. The summed E-state index contributed by atoms with van der Waals surface area (Å²) in [4.78, 5) is 19.2. The standard InChI is InChI=1S/C20H20N4O2/c1-26-18-7-3-2-5-15(18)20(25)24-12-4-6-17(24)19-16(13-22-23-19)14-8-10-21-11-9-14/h2-3,5,7-11,13,17H,4,6,12H2,1H3,(H,22,23)/t17-/m0/s1. The van der Waals surface area contributed by atoms with E-state index < -0.39 is 0 Å². The predicted molar refractivity (Wildman–Crippen MR) is 97.8 cm³/mol. The molecule has 1 saturated heterocycles. The van der Waals surface area contributed by atoms with Crippen LogP contribution in [0.2, 0.25) is 0 Å². The molecule has 2 aromatic heterocycles. The average Bonchev–Trinajstić information content (AvgIpc) is 3.37. The van der Waals surface area contributed by atoms with Gasteiger partial charge >= 0.3 is 0 Å². The van der Waals surface area contributed by atoms with E-state index >= 15 is 0 Å². The molecule has 1 amide bonds. The second-order valence-corrected chi connectivity index (χ2v) is 6.29. The Labute approximate surface area is 151 Å². The average molecular weight is 348 g/mol. The van der Waals surface area contributed by atoms with Crippen molar-refractivity contribution in [2.45, 2.75) is 18.9 Å². The minimum atomic E-state index is -0.0296. The Hall–Kier alpha value is -3.15. The van der Waals surface area contributed by atoms with Gasteiger partial charge in [0, 0.05) is 24.5 Å². The third-order valence-electron chi connectivity index (χ3n) is 4.84. The van der Waals surface area contributed by atoms with Gasteiger partial charge in [-0.05, 0) is 42.7 Å². The van der Waals surface area contributed by atoms with Crippen molar-refractivity contribution in [3.8, 4) is 16.9 Å². The highest BCUT2D eigenvalue weighted by Gasteiger charge is 2.34. The molecule has 3 heterocycles. The van der Waals surface area contributed by atoms with Crippen LogP contribution in [0.1, 0.15) is 34.9 Å². The van der Waals surface area contributed by atoms with Crippen molar-refractivity contribution in [2.24, 2.45) is 0 Å². The Kier molecular flexibility index (Phi) is 4.39. The first kappa shape index (κ1) is 16.3. The third-order valence-corrected chi connectivity index (χ3v) is 4.84. The number of amides is 1. The van der Waals surface area contributed by atoms with Gasteiger partial charge in [-0.2, -0.15) is 5.10 Å². The van der Waals surface area contributed by atoms with E-state index in [9.17, 15) is 4.79 Å². The molecule has 132 valence electrons. The number of rotatable bonds is 4. The zero-order chi connectivity index (χ0) is 17.9. The largest absolute Gasteiger partial charge is 0.496 e. The van der Waals surface area contributed by atoms with Crippen LogP contribution < -0.4 is 4.74 Å². The Balaban J connectivity index is 1.68. The van der Waals surface area contributed by atoms with Crippen LogP contribution in [0, 0.1) is 0 Å². The Morgan fingerprint density at radius 2 is 2.04 bits per heavy atom. The van der Waals surface area contributed by atoms with Crippen LogP contribution in [0.25, 0.3) is 11.1 Å². The maximum absolute atomic E-state index is 13.2. The number of methoxy groups -OCH3 is 1. The number of nitrogens with zero attached hydrogens (tertiary/aromatic N) is 3. The normalized spacial score (nSPS) is 16.7. The molecule has 1 aliphatic heterocycles. The Morgan fingerprint density at radius 1 is 1.23 bits per heavy atom. The minimum Gasteiger partial charge on any atom is -0.496 e. The molecule has 0 bridgehead atoms. The van der Waals surface area contributed by atoms with Crippen LogP contribution in [0.3, 0.4) is 0 Å².